The van der Waals surface area contributed by atoms with Gasteiger partial charge in [0.25, 0.3) is 5.91 Å². The normalized spacial score (nSPS) is 31.0. The molecule has 0 N–H and O–H groups in total. The summed E-state index contributed by atoms with van der Waals surface area (Å²) in [5.41, 5.74) is 1.42. The lowest BCUT2D eigenvalue weighted by Gasteiger charge is -2.39. The zero-order valence-electron chi connectivity index (χ0n) is 16.6. The molecule has 2 bridgehead atoms. The van der Waals surface area contributed by atoms with Gasteiger partial charge in [-0.25, -0.2) is 0 Å². The van der Waals surface area contributed by atoms with Crippen molar-refractivity contribution < 1.29 is 9.53 Å². The van der Waals surface area contributed by atoms with Crippen molar-refractivity contribution in [2.45, 2.75) is 84.3 Å². The maximum absolute atomic E-state index is 13.1. The van der Waals surface area contributed by atoms with E-state index >= 15 is 0 Å². The number of rotatable bonds is 3. The number of nitrogens with zero attached hydrogens (tertiary/aromatic N) is 1. The summed E-state index contributed by atoms with van der Waals surface area (Å²) >= 11 is 0. The molecule has 3 aliphatic rings. The highest BCUT2D eigenvalue weighted by Gasteiger charge is 2.50. The molecule has 1 aromatic carbocycles. The second-order valence-electron chi connectivity index (χ2n) is 10.0. The van der Waals surface area contributed by atoms with Gasteiger partial charge in [-0.15, -0.1) is 0 Å². The standard InChI is InChI=1S/C23H33NO2/c1-22(2)13-18-14-23(3,15-22)16-24(18)21(25)17-9-11-20(12-10-17)26-19-7-5-4-6-8-19/h9-12,18-19H,4-8,13-16H2,1-3H3/t18-,23-/m0/s1. The molecule has 26 heavy (non-hydrogen) atoms. The van der Waals surface area contributed by atoms with Gasteiger partial charge in [-0.2, -0.15) is 0 Å². The van der Waals surface area contributed by atoms with Gasteiger partial charge in [-0.05, 0) is 80.0 Å². The third kappa shape index (κ3) is 3.63. The molecule has 1 amide bonds. The molecule has 1 aliphatic heterocycles. The molecule has 0 spiro atoms. The molecule has 2 atom stereocenters. The average molecular weight is 356 g/mol. The predicted molar refractivity (Wildman–Crippen MR) is 105 cm³/mol. The fraction of sp³-hybridized carbons (Fsp3) is 0.696. The number of benzene rings is 1. The zero-order chi connectivity index (χ0) is 18.4. The van der Waals surface area contributed by atoms with Crippen LogP contribution in [0.25, 0.3) is 0 Å². The van der Waals surface area contributed by atoms with Gasteiger partial charge in [0.05, 0.1) is 6.10 Å². The van der Waals surface area contributed by atoms with E-state index in [-0.39, 0.29) is 11.3 Å². The molecular weight excluding hydrogens is 322 g/mol. The Morgan fingerprint density at radius 1 is 1.04 bits per heavy atom. The topological polar surface area (TPSA) is 29.5 Å². The molecule has 0 aromatic heterocycles. The summed E-state index contributed by atoms with van der Waals surface area (Å²) < 4.78 is 6.10. The molecule has 2 saturated carbocycles. The molecule has 0 radical (unpaired) electrons. The summed E-state index contributed by atoms with van der Waals surface area (Å²) in [4.78, 5) is 15.3. The van der Waals surface area contributed by atoms with Gasteiger partial charge in [0.2, 0.25) is 0 Å². The smallest absolute Gasteiger partial charge is 0.254 e. The Hall–Kier alpha value is -1.51. The highest BCUT2D eigenvalue weighted by atomic mass is 16.5. The number of likely N-dealkylation sites (tertiary alicyclic amines) is 1. The lowest BCUT2D eigenvalue weighted by atomic mass is 9.65. The molecule has 0 unspecified atom stereocenters. The largest absolute Gasteiger partial charge is 0.490 e. The lowest BCUT2D eigenvalue weighted by Crippen LogP contribution is -2.37. The van der Waals surface area contributed by atoms with Gasteiger partial charge < -0.3 is 9.64 Å². The first-order valence-corrected chi connectivity index (χ1v) is 10.4. The molecule has 3 fully saturated rings. The Kier molecular flexibility index (Phi) is 4.53. The molecule has 3 heteroatoms. The summed E-state index contributed by atoms with van der Waals surface area (Å²) in [5, 5.41) is 0. The van der Waals surface area contributed by atoms with E-state index in [0.29, 0.717) is 17.6 Å². The molecule has 4 rings (SSSR count). The van der Waals surface area contributed by atoms with Crippen molar-refractivity contribution >= 4 is 5.91 Å². The van der Waals surface area contributed by atoms with E-state index in [0.717, 1.165) is 43.5 Å². The second kappa shape index (κ2) is 6.58. The number of ether oxygens (including phenoxy) is 1. The van der Waals surface area contributed by atoms with Crippen LogP contribution in [0.3, 0.4) is 0 Å². The zero-order valence-corrected chi connectivity index (χ0v) is 16.6. The highest BCUT2D eigenvalue weighted by molar-refractivity contribution is 5.94. The minimum absolute atomic E-state index is 0.195. The molecule has 3 nitrogen and oxygen atoms in total. The lowest BCUT2D eigenvalue weighted by molar-refractivity contribution is 0.0708. The second-order valence-corrected chi connectivity index (χ2v) is 10.0. The molecule has 1 aromatic rings. The van der Waals surface area contributed by atoms with Crippen LogP contribution in [0.15, 0.2) is 24.3 Å². The SMILES string of the molecule is CC1(C)C[C@H]2C[C@](C)(CN2C(=O)c2ccc(OC3CCCCC3)cc2)C1. The monoisotopic (exact) mass is 355 g/mol. The molecule has 142 valence electrons. The Labute approximate surface area is 158 Å². The van der Waals surface area contributed by atoms with E-state index in [4.69, 9.17) is 4.74 Å². The Morgan fingerprint density at radius 3 is 2.42 bits per heavy atom. The van der Waals surface area contributed by atoms with Crippen LogP contribution >= 0.6 is 0 Å². The first kappa shape index (κ1) is 17.9. The van der Waals surface area contributed by atoms with E-state index in [1.807, 2.05) is 24.3 Å². The van der Waals surface area contributed by atoms with E-state index in [1.54, 1.807) is 0 Å². The number of amides is 1. The summed E-state index contributed by atoms with van der Waals surface area (Å²) in [6.07, 6.45) is 10.0. The van der Waals surface area contributed by atoms with Gasteiger partial charge in [0.15, 0.2) is 0 Å². The average Bonchev–Trinajstić information content (AvgIpc) is 2.85. The minimum Gasteiger partial charge on any atom is -0.490 e. The van der Waals surface area contributed by atoms with Crippen LogP contribution in [0.5, 0.6) is 5.75 Å². The van der Waals surface area contributed by atoms with Gasteiger partial charge in [0.1, 0.15) is 5.75 Å². The van der Waals surface area contributed by atoms with Crippen LogP contribution in [-0.4, -0.2) is 29.5 Å². The number of hydrogen-bond donors (Lipinski definition) is 0. The minimum atomic E-state index is 0.195. The van der Waals surface area contributed by atoms with Crippen molar-refractivity contribution in [2.75, 3.05) is 6.54 Å². The quantitative estimate of drug-likeness (QED) is 0.722. The molecular formula is C23H33NO2. The van der Waals surface area contributed by atoms with E-state index < -0.39 is 0 Å². The van der Waals surface area contributed by atoms with Gasteiger partial charge in [-0.3, -0.25) is 4.79 Å². The van der Waals surface area contributed by atoms with Crippen molar-refractivity contribution in [3.63, 3.8) is 0 Å². The van der Waals surface area contributed by atoms with E-state index in [2.05, 4.69) is 25.7 Å². The third-order valence-corrected chi connectivity index (χ3v) is 6.63. The first-order chi connectivity index (χ1) is 12.3. The van der Waals surface area contributed by atoms with Gasteiger partial charge >= 0.3 is 0 Å². The number of carbonyl (C=O) groups is 1. The third-order valence-electron chi connectivity index (χ3n) is 6.63. The van der Waals surface area contributed by atoms with Crippen LogP contribution < -0.4 is 4.74 Å². The predicted octanol–water partition coefficient (Wildman–Crippen LogP) is 5.44. The van der Waals surface area contributed by atoms with Crippen LogP contribution in [0, 0.1) is 10.8 Å². The van der Waals surface area contributed by atoms with Crippen LogP contribution in [0.2, 0.25) is 0 Å². The number of carbonyl (C=O) groups excluding carboxylic acids is 1. The highest BCUT2D eigenvalue weighted by Crippen LogP contribution is 2.52. The van der Waals surface area contributed by atoms with Crippen molar-refractivity contribution in [1.82, 2.24) is 4.90 Å². The molecule has 1 heterocycles. The van der Waals surface area contributed by atoms with Crippen LogP contribution in [0.1, 0.15) is 82.5 Å². The van der Waals surface area contributed by atoms with Crippen molar-refractivity contribution in [1.29, 1.82) is 0 Å². The fourth-order valence-corrected chi connectivity index (χ4v) is 5.91. The maximum atomic E-state index is 13.1. The van der Waals surface area contributed by atoms with E-state index in [1.165, 1.54) is 25.7 Å². The van der Waals surface area contributed by atoms with Gasteiger partial charge in [0, 0.05) is 18.2 Å². The Balaban J connectivity index is 1.43. The molecule has 1 saturated heterocycles. The number of hydrogen-bond acceptors (Lipinski definition) is 2. The summed E-state index contributed by atoms with van der Waals surface area (Å²) in [6.45, 7) is 7.96. The Morgan fingerprint density at radius 2 is 1.73 bits per heavy atom. The summed E-state index contributed by atoms with van der Waals surface area (Å²) in [7, 11) is 0. The number of fused-ring (bicyclic) bond motifs is 2. The maximum Gasteiger partial charge on any atom is 0.254 e. The van der Waals surface area contributed by atoms with Crippen molar-refractivity contribution in [2.24, 2.45) is 10.8 Å². The first-order valence-electron chi connectivity index (χ1n) is 10.4. The Bertz CT molecular complexity index is 659. The van der Waals surface area contributed by atoms with Crippen LogP contribution in [-0.2, 0) is 0 Å². The van der Waals surface area contributed by atoms with Crippen LogP contribution in [0.4, 0.5) is 0 Å². The summed E-state index contributed by atoms with van der Waals surface area (Å²) in [6, 6.07) is 8.27. The van der Waals surface area contributed by atoms with E-state index in [9.17, 15) is 4.79 Å². The van der Waals surface area contributed by atoms with Crippen molar-refractivity contribution in [3.05, 3.63) is 29.8 Å². The van der Waals surface area contributed by atoms with Gasteiger partial charge in [-0.1, -0.05) is 27.2 Å². The summed E-state index contributed by atoms with van der Waals surface area (Å²) in [5.74, 6) is 1.10. The molecule has 2 aliphatic carbocycles. The van der Waals surface area contributed by atoms with Crippen molar-refractivity contribution in [3.8, 4) is 5.75 Å². The fourth-order valence-electron chi connectivity index (χ4n) is 5.91.